The molecule has 0 saturated carbocycles. The number of thiazole rings is 1. The number of carbonyl (C=O) groups excluding carboxylic acids is 3. The first-order valence-electron chi connectivity index (χ1n) is 19.4. The SMILES string of the molecule is CCC(=O)NC(CCCCNC(=O)CCOCCOCCOCCOC)C(=O)N1CCN(c2ccc3nc(-c4ccc(N5CCCC5)nc4)sc3c2)CC1. The van der Waals surface area contributed by atoms with Crippen molar-refractivity contribution < 1.29 is 33.3 Å². The summed E-state index contributed by atoms with van der Waals surface area (Å²) >= 11 is 1.67. The van der Waals surface area contributed by atoms with E-state index in [-0.39, 0.29) is 24.1 Å². The van der Waals surface area contributed by atoms with Crippen LogP contribution in [-0.2, 0) is 33.3 Å². The van der Waals surface area contributed by atoms with E-state index < -0.39 is 6.04 Å². The molecule has 14 nitrogen and oxygen atoms in total. The lowest BCUT2D eigenvalue weighted by Crippen LogP contribution is -2.55. The Bertz CT molecular complexity index is 1590. The fraction of sp³-hybridized carbons (Fsp3) is 0.615. The summed E-state index contributed by atoms with van der Waals surface area (Å²) < 4.78 is 22.3. The minimum Gasteiger partial charge on any atom is -0.382 e. The summed E-state index contributed by atoms with van der Waals surface area (Å²) in [6.45, 7) is 10.2. The van der Waals surface area contributed by atoms with Crippen LogP contribution in [0.25, 0.3) is 20.8 Å². The lowest BCUT2D eigenvalue weighted by atomic mass is 10.1. The molecule has 0 aliphatic carbocycles. The number of aromatic nitrogens is 2. The van der Waals surface area contributed by atoms with Crippen LogP contribution >= 0.6 is 11.3 Å². The van der Waals surface area contributed by atoms with Crippen molar-refractivity contribution in [2.24, 2.45) is 0 Å². The van der Waals surface area contributed by atoms with Gasteiger partial charge in [-0.05, 0) is 62.4 Å². The monoisotopic (exact) mass is 767 g/mol. The molecular weight excluding hydrogens is 711 g/mol. The number of rotatable bonds is 23. The molecule has 0 radical (unpaired) electrons. The summed E-state index contributed by atoms with van der Waals surface area (Å²) in [5.74, 6) is 0.761. The number of benzene rings is 1. The molecular formula is C39H57N7O7S. The molecule has 54 heavy (non-hydrogen) atoms. The van der Waals surface area contributed by atoms with Crippen LogP contribution in [0.1, 0.15) is 51.9 Å². The molecule has 5 rings (SSSR count). The van der Waals surface area contributed by atoms with E-state index in [1.807, 2.05) is 11.1 Å². The normalized spacial score (nSPS) is 15.2. The molecule has 1 atom stereocenters. The van der Waals surface area contributed by atoms with Crippen LogP contribution in [0, 0.1) is 0 Å². The summed E-state index contributed by atoms with van der Waals surface area (Å²) in [7, 11) is 1.63. The highest BCUT2D eigenvalue weighted by molar-refractivity contribution is 7.21. The highest BCUT2D eigenvalue weighted by Crippen LogP contribution is 2.33. The number of anilines is 2. The van der Waals surface area contributed by atoms with Gasteiger partial charge in [-0.25, -0.2) is 9.97 Å². The van der Waals surface area contributed by atoms with Crippen molar-refractivity contribution in [1.82, 2.24) is 25.5 Å². The molecule has 4 heterocycles. The number of ether oxygens (including phenoxy) is 4. The van der Waals surface area contributed by atoms with E-state index in [1.165, 1.54) is 12.8 Å². The fourth-order valence-electron chi connectivity index (χ4n) is 6.48. The first kappa shape index (κ1) is 41.3. The number of pyridine rings is 1. The summed E-state index contributed by atoms with van der Waals surface area (Å²) in [6.07, 6.45) is 6.87. The summed E-state index contributed by atoms with van der Waals surface area (Å²) in [5, 5.41) is 6.82. The number of hydrogen-bond acceptors (Lipinski definition) is 12. The van der Waals surface area contributed by atoms with Crippen molar-refractivity contribution in [3.05, 3.63) is 36.5 Å². The maximum absolute atomic E-state index is 13.6. The van der Waals surface area contributed by atoms with Gasteiger partial charge in [0.1, 0.15) is 16.9 Å². The lowest BCUT2D eigenvalue weighted by molar-refractivity contribution is -0.137. The smallest absolute Gasteiger partial charge is 0.245 e. The number of hydrogen-bond donors (Lipinski definition) is 2. The van der Waals surface area contributed by atoms with Gasteiger partial charge in [0.15, 0.2) is 0 Å². The van der Waals surface area contributed by atoms with Gasteiger partial charge in [-0.3, -0.25) is 14.4 Å². The average molecular weight is 768 g/mol. The second-order valence-corrected chi connectivity index (χ2v) is 14.5. The molecule has 2 aliphatic rings. The molecule has 0 bridgehead atoms. The number of piperazine rings is 1. The highest BCUT2D eigenvalue weighted by Gasteiger charge is 2.28. The zero-order valence-corrected chi connectivity index (χ0v) is 32.7. The summed E-state index contributed by atoms with van der Waals surface area (Å²) in [5.41, 5.74) is 3.10. The Morgan fingerprint density at radius 2 is 1.56 bits per heavy atom. The van der Waals surface area contributed by atoms with E-state index in [4.69, 9.17) is 28.9 Å². The molecule has 2 fully saturated rings. The van der Waals surface area contributed by atoms with E-state index >= 15 is 0 Å². The quantitative estimate of drug-likeness (QED) is 0.136. The van der Waals surface area contributed by atoms with Crippen LogP contribution in [0.5, 0.6) is 0 Å². The van der Waals surface area contributed by atoms with Gasteiger partial charge >= 0.3 is 0 Å². The molecule has 2 aliphatic heterocycles. The maximum atomic E-state index is 13.6. The number of amides is 3. The standard InChI is InChI=1S/C39H57N7O7S/c1-3-36(47)42-33(8-4-5-14-40-37(48)13-21-51-24-25-53-27-26-52-23-22-50-2)39(49)46-19-17-44(18-20-46)31-10-11-32-34(28-31)54-38(43-32)30-9-12-35(41-29-30)45-15-6-7-16-45/h9-12,28-29,33H,3-8,13-27H2,1-2H3,(H,40,48)(H,42,47). The Kier molecular flexibility index (Phi) is 17.2. The van der Waals surface area contributed by atoms with E-state index in [1.54, 1.807) is 25.4 Å². The van der Waals surface area contributed by atoms with Gasteiger partial charge in [-0.1, -0.05) is 6.92 Å². The van der Waals surface area contributed by atoms with Crippen molar-refractivity contribution in [3.8, 4) is 10.6 Å². The molecule has 2 N–H and O–H groups in total. The Labute approximate surface area is 322 Å². The van der Waals surface area contributed by atoms with Gasteiger partial charge < -0.3 is 44.3 Å². The first-order valence-corrected chi connectivity index (χ1v) is 20.2. The molecule has 3 amide bonds. The van der Waals surface area contributed by atoms with Gasteiger partial charge in [-0.2, -0.15) is 0 Å². The average Bonchev–Trinajstić information content (AvgIpc) is 3.90. The van der Waals surface area contributed by atoms with Crippen molar-refractivity contribution in [2.75, 3.05) is 109 Å². The summed E-state index contributed by atoms with van der Waals surface area (Å²) in [4.78, 5) is 54.3. The van der Waals surface area contributed by atoms with E-state index in [2.05, 4.69) is 50.8 Å². The first-order chi connectivity index (χ1) is 26.4. The molecule has 3 aromatic rings. The Hall–Kier alpha value is -3.89. The van der Waals surface area contributed by atoms with Crippen LogP contribution in [-0.4, -0.2) is 138 Å². The number of methoxy groups -OCH3 is 1. The molecule has 2 saturated heterocycles. The van der Waals surface area contributed by atoms with Crippen LogP contribution < -0.4 is 20.4 Å². The van der Waals surface area contributed by atoms with Crippen LogP contribution in [0.15, 0.2) is 36.5 Å². The second-order valence-electron chi connectivity index (χ2n) is 13.5. The number of nitrogens with one attached hydrogen (secondary N) is 2. The van der Waals surface area contributed by atoms with E-state index in [0.717, 1.165) is 45.4 Å². The molecule has 2 aromatic heterocycles. The third-order valence-corrected chi connectivity index (χ3v) is 10.7. The van der Waals surface area contributed by atoms with E-state index in [9.17, 15) is 14.4 Å². The van der Waals surface area contributed by atoms with Crippen molar-refractivity contribution >= 4 is 50.8 Å². The van der Waals surface area contributed by atoms with E-state index in [0.29, 0.717) is 105 Å². The maximum Gasteiger partial charge on any atom is 0.245 e. The molecule has 15 heteroatoms. The zero-order valence-electron chi connectivity index (χ0n) is 31.9. The predicted molar refractivity (Wildman–Crippen MR) is 211 cm³/mol. The van der Waals surface area contributed by atoms with Crippen molar-refractivity contribution in [2.45, 2.75) is 57.9 Å². The number of fused-ring (bicyclic) bond motifs is 1. The van der Waals surface area contributed by atoms with Crippen LogP contribution in [0.3, 0.4) is 0 Å². The van der Waals surface area contributed by atoms with Gasteiger partial charge in [0.2, 0.25) is 17.7 Å². The van der Waals surface area contributed by atoms with Crippen LogP contribution in [0.2, 0.25) is 0 Å². The highest BCUT2D eigenvalue weighted by atomic mass is 32.1. The number of nitrogens with zero attached hydrogens (tertiary/aromatic N) is 5. The Morgan fingerprint density at radius 3 is 2.24 bits per heavy atom. The molecule has 1 aromatic carbocycles. The molecule has 1 unspecified atom stereocenters. The largest absolute Gasteiger partial charge is 0.382 e. The number of unbranched alkanes of at least 4 members (excludes halogenated alkanes) is 1. The van der Waals surface area contributed by atoms with Gasteiger partial charge in [-0.15, -0.1) is 11.3 Å². The van der Waals surface area contributed by atoms with Crippen LogP contribution in [0.4, 0.5) is 11.5 Å². The van der Waals surface area contributed by atoms with Crippen molar-refractivity contribution in [3.63, 3.8) is 0 Å². The van der Waals surface area contributed by atoms with Gasteiger partial charge in [0.05, 0.1) is 56.5 Å². The minimum absolute atomic E-state index is 0.0489. The minimum atomic E-state index is -0.585. The zero-order chi connectivity index (χ0) is 38.0. The number of carbonyl (C=O) groups is 3. The fourth-order valence-corrected chi connectivity index (χ4v) is 7.47. The Balaban J connectivity index is 1.000. The van der Waals surface area contributed by atoms with Gasteiger partial charge in [0.25, 0.3) is 0 Å². The topological polar surface area (TPSA) is 148 Å². The second kappa shape index (κ2) is 22.5. The predicted octanol–water partition coefficient (Wildman–Crippen LogP) is 3.87. The summed E-state index contributed by atoms with van der Waals surface area (Å²) in [6, 6.07) is 10.00. The lowest BCUT2D eigenvalue weighted by Gasteiger charge is -2.37. The third kappa shape index (κ3) is 12.9. The Morgan fingerprint density at radius 1 is 0.833 bits per heavy atom. The molecule has 0 spiro atoms. The van der Waals surface area contributed by atoms with Gasteiger partial charge in [0, 0.05) is 83.2 Å². The van der Waals surface area contributed by atoms with Crippen molar-refractivity contribution in [1.29, 1.82) is 0 Å². The third-order valence-electron chi connectivity index (χ3n) is 9.60. The molecule has 296 valence electrons.